The fraction of sp³-hybridized carbons (Fsp3) is 0.500. The average molecular weight is 278 g/mol. The number of hydrogen-bond acceptors (Lipinski definition) is 3. The lowest BCUT2D eigenvalue weighted by atomic mass is 9.81. The molecule has 1 aromatic rings. The Labute approximate surface area is 118 Å². The number of Topliss-reactive ketones (excluding diaryl/α,β-unsaturated/α-hetero) is 1. The Balaban J connectivity index is 2.29. The summed E-state index contributed by atoms with van der Waals surface area (Å²) in [4.78, 5) is 24.5. The Kier molecular flexibility index (Phi) is 3.93. The van der Waals surface area contributed by atoms with E-state index in [1.165, 1.54) is 12.1 Å². The molecule has 2 unspecified atom stereocenters. The number of halogens is 1. The van der Waals surface area contributed by atoms with Crippen LogP contribution in [0.4, 0.5) is 4.39 Å². The van der Waals surface area contributed by atoms with E-state index in [1.807, 2.05) is 13.8 Å². The Morgan fingerprint density at radius 3 is 2.50 bits per heavy atom. The first-order chi connectivity index (χ1) is 9.36. The van der Waals surface area contributed by atoms with Crippen LogP contribution in [-0.2, 0) is 14.3 Å². The number of ether oxygens (including phenoxy) is 1. The third-order valence-corrected chi connectivity index (χ3v) is 3.93. The Bertz CT molecular complexity index is 519. The number of carbonyl (C=O) groups is 2. The quantitative estimate of drug-likeness (QED) is 0.630. The van der Waals surface area contributed by atoms with Gasteiger partial charge in [0.2, 0.25) is 0 Å². The lowest BCUT2D eigenvalue weighted by Crippen LogP contribution is -2.32. The first kappa shape index (κ1) is 14.7. The number of rotatable bonds is 3. The van der Waals surface area contributed by atoms with Crippen LogP contribution in [0.3, 0.4) is 0 Å². The zero-order valence-corrected chi connectivity index (χ0v) is 12.0. The van der Waals surface area contributed by atoms with Crippen molar-refractivity contribution in [3.05, 3.63) is 35.6 Å². The minimum absolute atomic E-state index is 0.125. The molecule has 1 aliphatic carbocycles. The maximum atomic E-state index is 13.0. The van der Waals surface area contributed by atoms with E-state index in [9.17, 15) is 14.0 Å². The Morgan fingerprint density at radius 1 is 1.35 bits per heavy atom. The van der Waals surface area contributed by atoms with Crippen molar-refractivity contribution in [2.24, 2.45) is 11.3 Å². The summed E-state index contributed by atoms with van der Waals surface area (Å²) in [7, 11) is 0. The molecule has 0 radical (unpaired) electrons. The highest BCUT2D eigenvalue weighted by Gasteiger charge is 2.52. The third-order valence-electron chi connectivity index (χ3n) is 3.93. The minimum Gasteiger partial charge on any atom is -0.465 e. The summed E-state index contributed by atoms with van der Waals surface area (Å²) in [6.45, 7) is 5.79. The summed E-state index contributed by atoms with van der Waals surface area (Å²) >= 11 is 0. The molecule has 20 heavy (non-hydrogen) atoms. The van der Waals surface area contributed by atoms with Gasteiger partial charge in [0.25, 0.3) is 0 Å². The lowest BCUT2D eigenvalue weighted by Gasteiger charge is -2.23. The number of hydrogen-bond donors (Lipinski definition) is 0. The SMILES string of the molecule is CCOC(=O)C1C(=O)C(c2ccc(F)cc2)CC1(C)C. The van der Waals surface area contributed by atoms with Crippen LogP contribution in [0.5, 0.6) is 0 Å². The van der Waals surface area contributed by atoms with Crippen LogP contribution in [0.25, 0.3) is 0 Å². The summed E-state index contributed by atoms with van der Waals surface area (Å²) in [5, 5.41) is 0. The van der Waals surface area contributed by atoms with Crippen molar-refractivity contribution in [2.75, 3.05) is 6.61 Å². The highest BCUT2D eigenvalue weighted by Crippen LogP contribution is 2.48. The van der Waals surface area contributed by atoms with Crippen LogP contribution in [0.15, 0.2) is 24.3 Å². The lowest BCUT2D eigenvalue weighted by molar-refractivity contribution is -0.153. The average Bonchev–Trinajstić information content (AvgIpc) is 2.61. The van der Waals surface area contributed by atoms with E-state index >= 15 is 0 Å². The van der Waals surface area contributed by atoms with E-state index in [2.05, 4.69) is 0 Å². The van der Waals surface area contributed by atoms with Gasteiger partial charge in [-0.25, -0.2) is 4.39 Å². The smallest absolute Gasteiger partial charge is 0.317 e. The van der Waals surface area contributed by atoms with E-state index in [-0.39, 0.29) is 24.1 Å². The van der Waals surface area contributed by atoms with Crippen LogP contribution < -0.4 is 0 Å². The van der Waals surface area contributed by atoms with Crippen LogP contribution in [0.1, 0.15) is 38.7 Å². The standard InChI is InChI=1S/C16H19FO3/c1-4-20-15(19)13-14(18)12(9-16(13,2)3)10-5-7-11(17)8-6-10/h5-8,12-13H,4,9H2,1-3H3. The van der Waals surface area contributed by atoms with Crippen LogP contribution >= 0.6 is 0 Å². The molecule has 3 nitrogen and oxygen atoms in total. The summed E-state index contributed by atoms with van der Waals surface area (Å²) < 4.78 is 18.0. The second-order valence-electron chi connectivity index (χ2n) is 5.88. The molecule has 0 amide bonds. The van der Waals surface area contributed by atoms with Crippen LogP contribution in [0, 0.1) is 17.2 Å². The van der Waals surface area contributed by atoms with E-state index < -0.39 is 17.3 Å². The van der Waals surface area contributed by atoms with Gasteiger partial charge in [-0.1, -0.05) is 26.0 Å². The second-order valence-corrected chi connectivity index (χ2v) is 5.88. The molecular weight excluding hydrogens is 259 g/mol. The molecule has 0 N–H and O–H groups in total. The molecule has 2 atom stereocenters. The predicted octanol–water partition coefficient (Wildman–Crippen LogP) is 3.09. The van der Waals surface area contributed by atoms with Gasteiger partial charge in [0.1, 0.15) is 11.7 Å². The van der Waals surface area contributed by atoms with E-state index in [0.29, 0.717) is 6.42 Å². The Hall–Kier alpha value is -1.71. The molecule has 1 fully saturated rings. The van der Waals surface area contributed by atoms with Crippen LogP contribution in [0.2, 0.25) is 0 Å². The molecular formula is C16H19FO3. The van der Waals surface area contributed by atoms with Gasteiger partial charge >= 0.3 is 5.97 Å². The maximum Gasteiger partial charge on any atom is 0.317 e. The molecule has 108 valence electrons. The summed E-state index contributed by atoms with van der Waals surface area (Å²) in [5.41, 5.74) is 0.318. The number of carbonyl (C=O) groups excluding carboxylic acids is 2. The largest absolute Gasteiger partial charge is 0.465 e. The fourth-order valence-corrected chi connectivity index (χ4v) is 2.97. The molecule has 2 rings (SSSR count). The van der Waals surface area contributed by atoms with Gasteiger partial charge < -0.3 is 4.74 Å². The first-order valence-electron chi connectivity index (χ1n) is 6.82. The summed E-state index contributed by atoms with van der Waals surface area (Å²) in [6.07, 6.45) is 0.570. The van der Waals surface area contributed by atoms with Gasteiger partial charge in [0, 0.05) is 5.92 Å². The van der Waals surface area contributed by atoms with E-state index in [0.717, 1.165) is 5.56 Å². The van der Waals surface area contributed by atoms with Crippen molar-refractivity contribution >= 4 is 11.8 Å². The minimum atomic E-state index is -0.738. The van der Waals surface area contributed by atoms with Crippen molar-refractivity contribution < 1.29 is 18.7 Å². The topological polar surface area (TPSA) is 43.4 Å². The van der Waals surface area contributed by atoms with E-state index in [1.54, 1.807) is 19.1 Å². The summed E-state index contributed by atoms with van der Waals surface area (Å²) in [5.74, 6) is -2.01. The van der Waals surface area contributed by atoms with Gasteiger partial charge in [-0.3, -0.25) is 9.59 Å². The molecule has 4 heteroatoms. The molecule has 1 aliphatic rings. The molecule has 0 saturated heterocycles. The number of benzene rings is 1. The van der Waals surface area contributed by atoms with Gasteiger partial charge in [0.05, 0.1) is 6.61 Å². The second kappa shape index (κ2) is 5.35. The molecule has 0 heterocycles. The van der Waals surface area contributed by atoms with Crippen molar-refractivity contribution in [1.29, 1.82) is 0 Å². The molecule has 1 aromatic carbocycles. The normalized spacial score (nSPS) is 24.7. The highest BCUT2D eigenvalue weighted by atomic mass is 19.1. The zero-order chi connectivity index (χ0) is 14.9. The van der Waals surface area contributed by atoms with Crippen molar-refractivity contribution in [3.63, 3.8) is 0 Å². The Morgan fingerprint density at radius 2 is 1.95 bits per heavy atom. The third kappa shape index (κ3) is 2.60. The zero-order valence-electron chi connectivity index (χ0n) is 12.0. The van der Waals surface area contributed by atoms with Crippen molar-refractivity contribution in [2.45, 2.75) is 33.1 Å². The predicted molar refractivity (Wildman–Crippen MR) is 72.7 cm³/mol. The van der Waals surface area contributed by atoms with Gasteiger partial charge in [-0.05, 0) is 36.5 Å². The number of ketones is 1. The first-order valence-corrected chi connectivity index (χ1v) is 6.82. The van der Waals surface area contributed by atoms with Gasteiger partial charge in [-0.2, -0.15) is 0 Å². The maximum absolute atomic E-state index is 13.0. The monoisotopic (exact) mass is 278 g/mol. The van der Waals surface area contributed by atoms with Gasteiger partial charge in [0.15, 0.2) is 5.78 Å². The molecule has 0 aliphatic heterocycles. The number of esters is 1. The van der Waals surface area contributed by atoms with Crippen molar-refractivity contribution in [1.82, 2.24) is 0 Å². The molecule has 0 spiro atoms. The molecule has 0 aromatic heterocycles. The van der Waals surface area contributed by atoms with Crippen molar-refractivity contribution in [3.8, 4) is 0 Å². The van der Waals surface area contributed by atoms with E-state index in [4.69, 9.17) is 4.74 Å². The molecule has 0 bridgehead atoms. The highest BCUT2D eigenvalue weighted by molar-refractivity contribution is 6.05. The summed E-state index contributed by atoms with van der Waals surface area (Å²) in [6, 6.07) is 5.91. The van der Waals surface area contributed by atoms with Crippen LogP contribution in [-0.4, -0.2) is 18.4 Å². The van der Waals surface area contributed by atoms with Gasteiger partial charge in [-0.15, -0.1) is 0 Å². The molecule has 1 saturated carbocycles. The fourth-order valence-electron chi connectivity index (χ4n) is 2.97.